The van der Waals surface area contributed by atoms with Crippen LogP contribution in [0.3, 0.4) is 0 Å². The zero-order chi connectivity index (χ0) is 13.1. The Bertz CT molecular complexity index is 519. The molecule has 1 heterocycles. The van der Waals surface area contributed by atoms with Gasteiger partial charge in [-0.05, 0) is 26.0 Å². The summed E-state index contributed by atoms with van der Waals surface area (Å²) in [6.45, 7) is 4.23. The summed E-state index contributed by atoms with van der Waals surface area (Å²) < 4.78 is 27.1. The van der Waals surface area contributed by atoms with Crippen molar-refractivity contribution in [3.63, 3.8) is 0 Å². The highest BCUT2D eigenvalue weighted by Crippen LogP contribution is 2.21. The van der Waals surface area contributed by atoms with Gasteiger partial charge in [0.2, 0.25) is 0 Å². The van der Waals surface area contributed by atoms with Crippen LogP contribution in [0.2, 0.25) is 0 Å². The van der Waals surface area contributed by atoms with Gasteiger partial charge in [-0.15, -0.1) is 11.3 Å². The molecule has 0 aliphatic heterocycles. The molecule has 0 bridgehead atoms. The fourth-order valence-electron chi connectivity index (χ4n) is 1.77. The first-order valence-electron chi connectivity index (χ1n) is 5.66. The van der Waals surface area contributed by atoms with Gasteiger partial charge in [0.05, 0.1) is 5.01 Å². The lowest BCUT2D eigenvalue weighted by molar-refractivity contribution is 0.489. The van der Waals surface area contributed by atoms with Gasteiger partial charge in [-0.3, -0.25) is 0 Å². The normalized spacial score (nSPS) is 12.7. The molecule has 1 aromatic carbocycles. The average molecular weight is 268 g/mol. The maximum absolute atomic E-state index is 13.5. The Morgan fingerprint density at radius 2 is 2.00 bits per heavy atom. The van der Waals surface area contributed by atoms with E-state index < -0.39 is 11.6 Å². The molecule has 1 N–H and O–H groups in total. The summed E-state index contributed by atoms with van der Waals surface area (Å²) in [5, 5.41) is 4.08. The van der Waals surface area contributed by atoms with E-state index in [1.807, 2.05) is 6.92 Å². The third-order valence-electron chi connectivity index (χ3n) is 2.68. The van der Waals surface area contributed by atoms with Gasteiger partial charge in [0, 0.05) is 29.2 Å². The molecule has 2 rings (SSSR count). The minimum absolute atomic E-state index is 0.0822. The van der Waals surface area contributed by atoms with Crippen LogP contribution in [0.4, 0.5) is 8.78 Å². The minimum atomic E-state index is -0.518. The van der Waals surface area contributed by atoms with Crippen LogP contribution in [-0.2, 0) is 6.54 Å². The van der Waals surface area contributed by atoms with Crippen molar-refractivity contribution in [2.24, 2.45) is 0 Å². The number of hydrogen-bond acceptors (Lipinski definition) is 3. The van der Waals surface area contributed by atoms with Crippen molar-refractivity contribution in [2.45, 2.75) is 26.4 Å². The number of thiazole rings is 1. The van der Waals surface area contributed by atoms with Crippen molar-refractivity contribution in [1.29, 1.82) is 0 Å². The van der Waals surface area contributed by atoms with Crippen molar-refractivity contribution in [2.75, 3.05) is 0 Å². The summed E-state index contributed by atoms with van der Waals surface area (Å²) in [7, 11) is 0. The predicted octanol–water partition coefficient (Wildman–Crippen LogP) is 3.58. The molecule has 1 aromatic heterocycles. The summed E-state index contributed by atoms with van der Waals surface area (Å²) in [4.78, 5) is 5.18. The zero-order valence-corrected chi connectivity index (χ0v) is 11.0. The van der Waals surface area contributed by atoms with Gasteiger partial charge >= 0.3 is 0 Å². The second kappa shape index (κ2) is 5.54. The molecular formula is C13H14F2N2S. The minimum Gasteiger partial charge on any atom is -0.305 e. The molecule has 0 amide bonds. The van der Waals surface area contributed by atoms with Gasteiger partial charge in [0.1, 0.15) is 11.6 Å². The quantitative estimate of drug-likeness (QED) is 0.916. The highest BCUT2D eigenvalue weighted by molar-refractivity contribution is 7.11. The fourth-order valence-corrected chi connectivity index (χ4v) is 2.51. The highest BCUT2D eigenvalue weighted by Gasteiger charge is 2.15. The van der Waals surface area contributed by atoms with E-state index in [4.69, 9.17) is 0 Å². The molecule has 2 aromatic rings. The molecule has 0 aliphatic carbocycles. The molecule has 0 saturated heterocycles. The Morgan fingerprint density at radius 3 is 2.56 bits per heavy atom. The van der Waals surface area contributed by atoms with E-state index >= 15 is 0 Å². The number of hydrogen-bond donors (Lipinski definition) is 1. The molecule has 1 atom stereocenters. The van der Waals surface area contributed by atoms with Crippen molar-refractivity contribution >= 4 is 11.3 Å². The molecule has 5 heteroatoms. The van der Waals surface area contributed by atoms with Crippen LogP contribution in [0, 0.1) is 18.6 Å². The first kappa shape index (κ1) is 13.1. The second-order valence-electron chi connectivity index (χ2n) is 4.08. The van der Waals surface area contributed by atoms with Gasteiger partial charge in [0.15, 0.2) is 0 Å². The van der Waals surface area contributed by atoms with Crippen LogP contribution in [0.1, 0.15) is 28.4 Å². The van der Waals surface area contributed by atoms with E-state index in [0.717, 1.165) is 9.88 Å². The molecule has 0 fully saturated rings. The SMILES string of the molecule is Cc1ncc(CNC(C)c2c(F)cccc2F)s1. The van der Waals surface area contributed by atoms with E-state index in [2.05, 4.69) is 10.3 Å². The number of nitrogens with one attached hydrogen (secondary N) is 1. The van der Waals surface area contributed by atoms with Crippen LogP contribution in [0.25, 0.3) is 0 Å². The summed E-state index contributed by atoms with van der Waals surface area (Å²) >= 11 is 1.57. The maximum Gasteiger partial charge on any atom is 0.130 e. The Kier molecular flexibility index (Phi) is 4.04. The number of aromatic nitrogens is 1. The van der Waals surface area contributed by atoms with Crippen molar-refractivity contribution in [1.82, 2.24) is 10.3 Å². The number of rotatable bonds is 4. The van der Waals surface area contributed by atoms with E-state index in [0.29, 0.717) is 6.54 Å². The van der Waals surface area contributed by atoms with E-state index in [1.54, 1.807) is 24.5 Å². The smallest absolute Gasteiger partial charge is 0.130 e. The molecule has 0 spiro atoms. The molecule has 0 aliphatic rings. The standard InChI is InChI=1S/C13H14F2N2S/c1-8(13-11(14)4-3-5-12(13)15)16-6-10-7-17-9(2)18-10/h3-5,7-8,16H,6H2,1-2H3. The van der Waals surface area contributed by atoms with Gasteiger partial charge < -0.3 is 5.32 Å². The highest BCUT2D eigenvalue weighted by atomic mass is 32.1. The van der Waals surface area contributed by atoms with Gasteiger partial charge in [0.25, 0.3) is 0 Å². The third-order valence-corrected chi connectivity index (χ3v) is 3.60. The Labute approximate surface area is 109 Å². The van der Waals surface area contributed by atoms with Crippen LogP contribution in [0.5, 0.6) is 0 Å². The first-order valence-corrected chi connectivity index (χ1v) is 6.48. The lowest BCUT2D eigenvalue weighted by atomic mass is 10.1. The third kappa shape index (κ3) is 2.91. The van der Waals surface area contributed by atoms with Crippen molar-refractivity contribution < 1.29 is 8.78 Å². The van der Waals surface area contributed by atoms with Crippen LogP contribution >= 0.6 is 11.3 Å². The van der Waals surface area contributed by atoms with Crippen LogP contribution < -0.4 is 5.32 Å². The van der Waals surface area contributed by atoms with Crippen LogP contribution in [0.15, 0.2) is 24.4 Å². The number of nitrogens with zero attached hydrogens (tertiary/aromatic N) is 1. The fraction of sp³-hybridized carbons (Fsp3) is 0.308. The summed E-state index contributed by atoms with van der Waals surface area (Å²) in [6.07, 6.45) is 1.78. The summed E-state index contributed by atoms with van der Waals surface area (Å²) in [5.74, 6) is -1.04. The molecule has 2 nitrogen and oxygen atoms in total. The predicted molar refractivity (Wildman–Crippen MR) is 68.5 cm³/mol. The first-order chi connectivity index (χ1) is 8.58. The maximum atomic E-state index is 13.5. The molecule has 0 radical (unpaired) electrons. The van der Waals surface area contributed by atoms with Crippen LogP contribution in [-0.4, -0.2) is 4.98 Å². The van der Waals surface area contributed by atoms with Gasteiger partial charge in [-0.1, -0.05) is 6.07 Å². The van der Waals surface area contributed by atoms with E-state index in [-0.39, 0.29) is 11.6 Å². The van der Waals surface area contributed by atoms with Gasteiger partial charge in [-0.25, -0.2) is 13.8 Å². The van der Waals surface area contributed by atoms with E-state index in [1.165, 1.54) is 18.2 Å². The van der Waals surface area contributed by atoms with Crippen molar-refractivity contribution in [3.8, 4) is 0 Å². The summed E-state index contributed by atoms with van der Waals surface area (Å²) in [5.41, 5.74) is 0.0822. The topological polar surface area (TPSA) is 24.9 Å². The summed E-state index contributed by atoms with van der Waals surface area (Å²) in [6, 6.07) is 3.53. The zero-order valence-electron chi connectivity index (χ0n) is 10.2. The van der Waals surface area contributed by atoms with Gasteiger partial charge in [-0.2, -0.15) is 0 Å². The largest absolute Gasteiger partial charge is 0.305 e. The number of benzene rings is 1. The van der Waals surface area contributed by atoms with Crippen molar-refractivity contribution in [3.05, 3.63) is 51.5 Å². The number of aryl methyl sites for hydroxylation is 1. The Morgan fingerprint density at radius 1 is 1.33 bits per heavy atom. The lowest BCUT2D eigenvalue weighted by Gasteiger charge is -2.15. The molecule has 18 heavy (non-hydrogen) atoms. The second-order valence-corrected chi connectivity index (χ2v) is 5.40. The Hall–Kier alpha value is -1.33. The lowest BCUT2D eigenvalue weighted by Crippen LogP contribution is -2.19. The average Bonchev–Trinajstić information content (AvgIpc) is 2.72. The molecule has 96 valence electrons. The molecule has 1 unspecified atom stereocenters. The van der Waals surface area contributed by atoms with E-state index in [9.17, 15) is 8.78 Å². The molecular weight excluding hydrogens is 254 g/mol. The molecule has 0 saturated carbocycles. The number of halogens is 2. The monoisotopic (exact) mass is 268 g/mol. The Balaban J connectivity index is 2.06.